The molecule has 2 rings (SSSR count). The molecule has 0 aliphatic carbocycles. The molecule has 2 heterocycles. The van der Waals surface area contributed by atoms with Crippen LogP contribution in [0.25, 0.3) is 0 Å². The normalized spacial score (nSPS) is 17.9. The standard InChI is InChI=1S/C13H18ClN3O3/c1-7-9-8(15-11(14)16-10(9)19-5)6-17(7)12(18)20-13(2,3)4/h7H,6H2,1-5H3. The van der Waals surface area contributed by atoms with Crippen LogP contribution in [-0.4, -0.2) is 33.7 Å². The van der Waals surface area contributed by atoms with Crippen molar-refractivity contribution in [2.45, 2.75) is 45.9 Å². The number of fused-ring (bicyclic) bond motifs is 1. The predicted molar refractivity (Wildman–Crippen MR) is 73.8 cm³/mol. The van der Waals surface area contributed by atoms with Crippen molar-refractivity contribution in [1.82, 2.24) is 14.9 Å². The van der Waals surface area contributed by atoms with Crippen LogP contribution in [0.4, 0.5) is 4.79 Å². The Kier molecular flexibility index (Phi) is 3.77. The summed E-state index contributed by atoms with van der Waals surface area (Å²) in [6.45, 7) is 7.71. The molecule has 0 aromatic carbocycles. The van der Waals surface area contributed by atoms with Crippen LogP contribution in [0.15, 0.2) is 0 Å². The number of hydrogen-bond acceptors (Lipinski definition) is 5. The van der Waals surface area contributed by atoms with E-state index in [2.05, 4.69) is 9.97 Å². The van der Waals surface area contributed by atoms with E-state index in [0.29, 0.717) is 18.1 Å². The van der Waals surface area contributed by atoms with Crippen LogP contribution in [0, 0.1) is 0 Å². The fourth-order valence-electron chi connectivity index (χ4n) is 2.16. The molecule has 0 saturated carbocycles. The minimum absolute atomic E-state index is 0.110. The molecule has 0 radical (unpaired) electrons. The number of carbonyl (C=O) groups is 1. The molecule has 20 heavy (non-hydrogen) atoms. The number of carbonyl (C=O) groups excluding carboxylic acids is 1. The first kappa shape index (κ1) is 14.8. The van der Waals surface area contributed by atoms with Crippen LogP contribution in [0.1, 0.15) is 45.0 Å². The highest BCUT2D eigenvalue weighted by Crippen LogP contribution is 2.38. The van der Waals surface area contributed by atoms with Gasteiger partial charge in [0.25, 0.3) is 0 Å². The smallest absolute Gasteiger partial charge is 0.411 e. The maximum absolute atomic E-state index is 12.2. The zero-order valence-corrected chi connectivity index (χ0v) is 13.0. The van der Waals surface area contributed by atoms with Crippen molar-refractivity contribution in [3.63, 3.8) is 0 Å². The summed E-state index contributed by atoms with van der Waals surface area (Å²) < 4.78 is 10.6. The number of ether oxygens (including phenoxy) is 2. The summed E-state index contributed by atoms with van der Waals surface area (Å²) in [6, 6.07) is -0.216. The number of hydrogen-bond donors (Lipinski definition) is 0. The SMILES string of the molecule is COc1nc(Cl)nc2c1C(C)N(C(=O)OC(C)(C)C)C2. The lowest BCUT2D eigenvalue weighted by Crippen LogP contribution is -2.35. The van der Waals surface area contributed by atoms with Crippen molar-refractivity contribution in [1.29, 1.82) is 0 Å². The lowest BCUT2D eigenvalue weighted by atomic mass is 10.1. The van der Waals surface area contributed by atoms with E-state index in [9.17, 15) is 4.79 Å². The van der Waals surface area contributed by atoms with Gasteiger partial charge in [-0.05, 0) is 39.3 Å². The van der Waals surface area contributed by atoms with Gasteiger partial charge in [0.2, 0.25) is 11.2 Å². The molecule has 1 aromatic rings. The lowest BCUT2D eigenvalue weighted by Gasteiger charge is -2.27. The van der Waals surface area contributed by atoms with Gasteiger partial charge in [-0.15, -0.1) is 0 Å². The van der Waals surface area contributed by atoms with Crippen LogP contribution in [0.3, 0.4) is 0 Å². The van der Waals surface area contributed by atoms with E-state index >= 15 is 0 Å². The molecule has 0 saturated heterocycles. The second-order valence-corrected chi connectivity index (χ2v) is 5.98. The van der Waals surface area contributed by atoms with Gasteiger partial charge in [0, 0.05) is 0 Å². The highest BCUT2D eigenvalue weighted by molar-refractivity contribution is 6.28. The molecule has 0 fully saturated rings. The van der Waals surface area contributed by atoms with Crippen LogP contribution in [-0.2, 0) is 11.3 Å². The first-order valence-electron chi connectivity index (χ1n) is 6.33. The van der Waals surface area contributed by atoms with E-state index in [1.807, 2.05) is 27.7 Å². The average Bonchev–Trinajstić information content (AvgIpc) is 2.63. The van der Waals surface area contributed by atoms with Crippen molar-refractivity contribution < 1.29 is 14.3 Å². The summed E-state index contributed by atoms with van der Waals surface area (Å²) in [6.07, 6.45) is -0.388. The molecule has 1 unspecified atom stereocenters. The molecule has 0 bridgehead atoms. The first-order valence-corrected chi connectivity index (χ1v) is 6.70. The van der Waals surface area contributed by atoms with Gasteiger partial charge in [-0.3, -0.25) is 4.90 Å². The summed E-state index contributed by atoms with van der Waals surface area (Å²) in [4.78, 5) is 22.0. The van der Waals surface area contributed by atoms with E-state index < -0.39 is 5.60 Å². The Labute approximate surface area is 123 Å². The van der Waals surface area contributed by atoms with Gasteiger partial charge in [0.15, 0.2) is 0 Å². The summed E-state index contributed by atoms with van der Waals surface area (Å²) in [5.41, 5.74) is 0.932. The number of amides is 1. The molecule has 1 aliphatic heterocycles. The van der Waals surface area contributed by atoms with Gasteiger partial charge in [-0.25, -0.2) is 9.78 Å². The Bertz CT molecular complexity index is 542. The summed E-state index contributed by atoms with van der Waals surface area (Å²) in [5.74, 6) is 0.401. The van der Waals surface area contributed by atoms with Gasteiger partial charge in [-0.1, -0.05) is 0 Å². The average molecular weight is 300 g/mol. The number of aromatic nitrogens is 2. The highest BCUT2D eigenvalue weighted by atomic mass is 35.5. The molecule has 0 spiro atoms. The van der Waals surface area contributed by atoms with Gasteiger partial charge in [0.05, 0.1) is 31.0 Å². The molecule has 7 heteroatoms. The van der Waals surface area contributed by atoms with E-state index in [-0.39, 0.29) is 17.4 Å². The first-order chi connectivity index (χ1) is 9.23. The summed E-state index contributed by atoms with van der Waals surface area (Å²) >= 11 is 5.85. The van der Waals surface area contributed by atoms with Crippen molar-refractivity contribution >= 4 is 17.7 Å². The number of rotatable bonds is 1. The van der Waals surface area contributed by atoms with Crippen LogP contribution < -0.4 is 4.74 Å². The Hall–Kier alpha value is -1.56. The quantitative estimate of drug-likeness (QED) is 0.746. The monoisotopic (exact) mass is 299 g/mol. The third-order valence-electron chi connectivity index (χ3n) is 2.99. The van der Waals surface area contributed by atoms with E-state index in [1.54, 1.807) is 4.90 Å². The molecule has 1 aliphatic rings. The number of nitrogens with zero attached hydrogens (tertiary/aromatic N) is 3. The highest BCUT2D eigenvalue weighted by Gasteiger charge is 2.37. The van der Waals surface area contributed by atoms with Crippen LogP contribution in [0.5, 0.6) is 5.88 Å². The largest absolute Gasteiger partial charge is 0.481 e. The minimum atomic E-state index is -0.543. The van der Waals surface area contributed by atoms with Crippen molar-refractivity contribution in [2.75, 3.05) is 7.11 Å². The fraction of sp³-hybridized carbons (Fsp3) is 0.615. The van der Waals surface area contributed by atoms with Crippen molar-refractivity contribution in [2.24, 2.45) is 0 Å². The second-order valence-electron chi connectivity index (χ2n) is 5.65. The molecule has 110 valence electrons. The molecule has 6 nitrogen and oxygen atoms in total. The maximum Gasteiger partial charge on any atom is 0.411 e. The van der Waals surface area contributed by atoms with Crippen molar-refractivity contribution in [3.8, 4) is 5.88 Å². The Balaban J connectivity index is 2.29. The van der Waals surface area contributed by atoms with Gasteiger partial charge in [-0.2, -0.15) is 4.98 Å². The second kappa shape index (κ2) is 5.09. The van der Waals surface area contributed by atoms with Crippen LogP contribution in [0.2, 0.25) is 5.28 Å². The van der Waals surface area contributed by atoms with E-state index in [0.717, 1.165) is 5.56 Å². The predicted octanol–water partition coefficient (Wildman–Crippen LogP) is 2.95. The molecule has 1 atom stereocenters. The third-order valence-corrected chi connectivity index (χ3v) is 3.16. The Morgan fingerprint density at radius 2 is 2.05 bits per heavy atom. The zero-order chi connectivity index (χ0) is 15.1. The molecule has 1 aromatic heterocycles. The molecular weight excluding hydrogens is 282 g/mol. The number of methoxy groups -OCH3 is 1. The molecular formula is C13H18ClN3O3. The topological polar surface area (TPSA) is 64.6 Å². The third kappa shape index (κ3) is 2.80. The van der Waals surface area contributed by atoms with E-state index in [4.69, 9.17) is 21.1 Å². The number of halogens is 1. The van der Waals surface area contributed by atoms with E-state index in [1.165, 1.54) is 7.11 Å². The minimum Gasteiger partial charge on any atom is -0.481 e. The van der Waals surface area contributed by atoms with Gasteiger partial charge < -0.3 is 9.47 Å². The van der Waals surface area contributed by atoms with Gasteiger partial charge >= 0.3 is 6.09 Å². The summed E-state index contributed by atoms with van der Waals surface area (Å²) in [7, 11) is 1.52. The van der Waals surface area contributed by atoms with Crippen molar-refractivity contribution in [3.05, 3.63) is 16.5 Å². The molecule has 1 amide bonds. The summed E-state index contributed by atoms with van der Waals surface area (Å²) in [5, 5.41) is 0.110. The van der Waals surface area contributed by atoms with Crippen LogP contribution >= 0.6 is 11.6 Å². The lowest BCUT2D eigenvalue weighted by molar-refractivity contribution is 0.0185. The molecule has 0 N–H and O–H groups in total. The van der Waals surface area contributed by atoms with Gasteiger partial charge in [0.1, 0.15) is 5.60 Å². The Morgan fingerprint density at radius 3 is 2.60 bits per heavy atom. The Morgan fingerprint density at radius 1 is 1.40 bits per heavy atom. The fourth-order valence-corrected chi connectivity index (χ4v) is 2.34. The zero-order valence-electron chi connectivity index (χ0n) is 12.2. The maximum atomic E-state index is 12.2.